The first-order chi connectivity index (χ1) is 7.36. The monoisotopic (exact) mass is 226 g/mol. The van der Waals surface area contributed by atoms with Crippen molar-refractivity contribution in [3.63, 3.8) is 0 Å². The zero-order valence-electron chi connectivity index (χ0n) is 9.11. The van der Waals surface area contributed by atoms with Crippen LogP contribution in [0.25, 0.3) is 0 Å². The minimum absolute atomic E-state index is 0.382. The summed E-state index contributed by atoms with van der Waals surface area (Å²) >= 11 is 1.72. The second-order valence-electron chi connectivity index (χ2n) is 4.06. The molecule has 4 heteroatoms. The molecule has 84 valence electrons. The third kappa shape index (κ3) is 3.26. The summed E-state index contributed by atoms with van der Waals surface area (Å²) < 4.78 is 5.34. The molecule has 1 unspecified atom stereocenters. The van der Waals surface area contributed by atoms with Crippen LogP contribution in [0.1, 0.15) is 30.8 Å². The third-order valence-corrected chi connectivity index (χ3v) is 3.83. The lowest BCUT2D eigenvalue weighted by atomic mass is 10.0. The minimum atomic E-state index is 0.382. The Bertz CT molecular complexity index is 270. The van der Waals surface area contributed by atoms with Gasteiger partial charge in [0.2, 0.25) is 0 Å². The Morgan fingerprint density at radius 1 is 1.60 bits per heavy atom. The molecule has 15 heavy (non-hydrogen) atoms. The van der Waals surface area contributed by atoms with Crippen LogP contribution in [-0.2, 0) is 4.74 Å². The van der Waals surface area contributed by atoms with Crippen molar-refractivity contribution in [3.8, 4) is 0 Å². The Labute approximate surface area is 94.9 Å². The lowest BCUT2D eigenvalue weighted by Crippen LogP contribution is -2.29. The highest BCUT2D eigenvalue weighted by molar-refractivity contribution is 7.09. The maximum absolute atomic E-state index is 5.34. The number of hydrogen-bond acceptors (Lipinski definition) is 4. The van der Waals surface area contributed by atoms with E-state index in [9.17, 15) is 0 Å². The molecule has 2 heterocycles. The predicted octanol–water partition coefficient (Wildman–Crippen LogP) is 2.22. The van der Waals surface area contributed by atoms with Gasteiger partial charge in [-0.3, -0.25) is 0 Å². The summed E-state index contributed by atoms with van der Waals surface area (Å²) in [5.41, 5.74) is 0. The molecular formula is C11H18N2OS. The van der Waals surface area contributed by atoms with E-state index in [0.29, 0.717) is 6.04 Å². The standard InChI is InChI=1S/C11H18N2OS/c1-9(11-12-4-7-15-11)13-8-10-2-5-14-6-3-10/h4,7,9-10,13H,2-3,5-6,8H2,1H3. The normalized spacial score (nSPS) is 20.3. The maximum Gasteiger partial charge on any atom is 0.109 e. The molecule has 1 saturated heterocycles. The highest BCUT2D eigenvalue weighted by Crippen LogP contribution is 2.17. The number of rotatable bonds is 4. The molecule has 0 bridgehead atoms. The van der Waals surface area contributed by atoms with E-state index in [1.807, 2.05) is 11.6 Å². The van der Waals surface area contributed by atoms with Crippen LogP contribution in [0.5, 0.6) is 0 Å². The van der Waals surface area contributed by atoms with Crippen LogP contribution in [0.3, 0.4) is 0 Å². The summed E-state index contributed by atoms with van der Waals surface area (Å²) in [4.78, 5) is 4.31. The van der Waals surface area contributed by atoms with Crippen LogP contribution in [0, 0.1) is 5.92 Å². The third-order valence-electron chi connectivity index (χ3n) is 2.88. The van der Waals surface area contributed by atoms with Crippen molar-refractivity contribution >= 4 is 11.3 Å². The summed E-state index contributed by atoms with van der Waals surface area (Å²) in [6, 6.07) is 0.382. The molecule has 1 fully saturated rings. The largest absolute Gasteiger partial charge is 0.381 e. The van der Waals surface area contributed by atoms with Gasteiger partial charge < -0.3 is 10.1 Å². The van der Waals surface area contributed by atoms with Crippen molar-refractivity contribution in [2.24, 2.45) is 5.92 Å². The first-order valence-corrected chi connectivity index (χ1v) is 6.44. The Hall–Kier alpha value is -0.450. The fraction of sp³-hybridized carbons (Fsp3) is 0.727. The van der Waals surface area contributed by atoms with Gasteiger partial charge in [0.25, 0.3) is 0 Å². The summed E-state index contributed by atoms with van der Waals surface area (Å²) in [5.74, 6) is 0.779. The number of nitrogens with zero attached hydrogens (tertiary/aromatic N) is 1. The summed E-state index contributed by atoms with van der Waals surface area (Å²) in [6.45, 7) is 5.12. The second-order valence-corrected chi connectivity index (χ2v) is 4.98. The molecule has 0 amide bonds. The van der Waals surface area contributed by atoms with Crippen LogP contribution in [-0.4, -0.2) is 24.7 Å². The van der Waals surface area contributed by atoms with Crippen molar-refractivity contribution < 1.29 is 4.74 Å². The molecule has 1 aromatic rings. The van der Waals surface area contributed by atoms with Crippen molar-refractivity contribution in [1.82, 2.24) is 10.3 Å². The fourth-order valence-corrected chi connectivity index (χ4v) is 2.50. The molecule has 0 aliphatic carbocycles. The fourth-order valence-electron chi connectivity index (χ4n) is 1.83. The van der Waals surface area contributed by atoms with Crippen LogP contribution >= 0.6 is 11.3 Å². The predicted molar refractivity (Wildman–Crippen MR) is 62.1 cm³/mol. The van der Waals surface area contributed by atoms with Gasteiger partial charge in [-0.15, -0.1) is 11.3 Å². The van der Waals surface area contributed by atoms with Crippen LogP contribution in [0.15, 0.2) is 11.6 Å². The Kier molecular flexibility index (Phi) is 4.11. The van der Waals surface area contributed by atoms with E-state index in [-0.39, 0.29) is 0 Å². The average molecular weight is 226 g/mol. The number of ether oxygens (including phenoxy) is 1. The highest BCUT2D eigenvalue weighted by Gasteiger charge is 2.15. The maximum atomic E-state index is 5.34. The SMILES string of the molecule is CC(NCC1CCOCC1)c1nccs1. The topological polar surface area (TPSA) is 34.1 Å². The van der Waals surface area contributed by atoms with Gasteiger partial charge in [-0.25, -0.2) is 4.98 Å². The quantitative estimate of drug-likeness (QED) is 0.855. The Morgan fingerprint density at radius 2 is 2.40 bits per heavy atom. The Morgan fingerprint density at radius 3 is 3.07 bits per heavy atom. The van der Waals surface area contributed by atoms with E-state index in [2.05, 4.69) is 17.2 Å². The lowest BCUT2D eigenvalue weighted by molar-refractivity contribution is 0.0656. The first-order valence-electron chi connectivity index (χ1n) is 5.57. The summed E-state index contributed by atoms with van der Waals surface area (Å²) in [5, 5.41) is 6.76. The molecule has 1 atom stereocenters. The molecule has 1 N–H and O–H groups in total. The number of nitrogens with one attached hydrogen (secondary N) is 1. The molecule has 1 aromatic heterocycles. The molecule has 1 aliphatic heterocycles. The smallest absolute Gasteiger partial charge is 0.109 e. The molecule has 1 aliphatic rings. The van der Waals surface area contributed by atoms with Crippen molar-refractivity contribution in [1.29, 1.82) is 0 Å². The molecule has 2 rings (SSSR count). The van der Waals surface area contributed by atoms with Crippen LogP contribution in [0.2, 0.25) is 0 Å². The minimum Gasteiger partial charge on any atom is -0.381 e. The van der Waals surface area contributed by atoms with Gasteiger partial charge in [-0.05, 0) is 32.2 Å². The van der Waals surface area contributed by atoms with E-state index in [4.69, 9.17) is 4.74 Å². The molecule has 0 radical (unpaired) electrons. The zero-order chi connectivity index (χ0) is 10.5. The van der Waals surface area contributed by atoms with Gasteiger partial charge in [0.05, 0.1) is 6.04 Å². The van der Waals surface area contributed by atoms with E-state index in [0.717, 1.165) is 25.7 Å². The average Bonchev–Trinajstić information content (AvgIpc) is 2.81. The van der Waals surface area contributed by atoms with Gasteiger partial charge >= 0.3 is 0 Å². The van der Waals surface area contributed by atoms with Crippen molar-refractivity contribution in [2.45, 2.75) is 25.8 Å². The number of thiazole rings is 1. The Balaban J connectivity index is 1.73. The van der Waals surface area contributed by atoms with E-state index >= 15 is 0 Å². The number of aromatic nitrogens is 1. The van der Waals surface area contributed by atoms with E-state index in [1.54, 1.807) is 11.3 Å². The molecule has 3 nitrogen and oxygen atoms in total. The zero-order valence-corrected chi connectivity index (χ0v) is 9.93. The first kappa shape index (κ1) is 11.0. The molecule has 0 aromatic carbocycles. The van der Waals surface area contributed by atoms with Gasteiger partial charge in [-0.1, -0.05) is 0 Å². The summed E-state index contributed by atoms with van der Waals surface area (Å²) in [6.07, 6.45) is 4.25. The van der Waals surface area contributed by atoms with E-state index < -0.39 is 0 Å². The number of hydrogen-bond donors (Lipinski definition) is 1. The van der Waals surface area contributed by atoms with Gasteiger partial charge in [0.15, 0.2) is 0 Å². The van der Waals surface area contributed by atoms with Crippen LogP contribution < -0.4 is 5.32 Å². The van der Waals surface area contributed by atoms with Gasteiger partial charge in [0, 0.05) is 24.8 Å². The molecular weight excluding hydrogens is 208 g/mol. The molecule has 0 saturated carbocycles. The van der Waals surface area contributed by atoms with Crippen LogP contribution in [0.4, 0.5) is 0 Å². The van der Waals surface area contributed by atoms with E-state index in [1.165, 1.54) is 17.8 Å². The molecule has 0 spiro atoms. The second kappa shape index (κ2) is 5.58. The van der Waals surface area contributed by atoms with Crippen molar-refractivity contribution in [3.05, 3.63) is 16.6 Å². The van der Waals surface area contributed by atoms with Gasteiger partial charge in [-0.2, -0.15) is 0 Å². The highest BCUT2D eigenvalue weighted by atomic mass is 32.1. The lowest BCUT2D eigenvalue weighted by Gasteiger charge is -2.23. The van der Waals surface area contributed by atoms with Crippen molar-refractivity contribution in [2.75, 3.05) is 19.8 Å². The summed E-state index contributed by atoms with van der Waals surface area (Å²) in [7, 11) is 0. The van der Waals surface area contributed by atoms with Gasteiger partial charge in [0.1, 0.15) is 5.01 Å².